The van der Waals surface area contributed by atoms with Crippen LogP contribution in [0.3, 0.4) is 0 Å². The van der Waals surface area contributed by atoms with Gasteiger partial charge in [0.1, 0.15) is 0 Å². The zero-order valence-electron chi connectivity index (χ0n) is 12.4. The Morgan fingerprint density at radius 1 is 0.800 bits per heavy atom. The molecule has 0 saturated carbocycles. The number of hydrogen-bond acceptors (Lipinski definition) is 0. The second-order valence-corrected chi connectivity index (χ2v) is 6.12. The highest BCUT2D eigenvalue weighted by Crippen LogP contribution is 2.19. The minimum atomic E-state index is 0.504. The first kappa shape index (κ1) is 15.1. The van der Waals surface area contributed by atoms with E-state index >= 15 is 0 Å². The summed E-state index contributed by atoms with van der Waals surface area (Å²) < 4.78 is 0. The van der Waals surface area contributed by atoms with Gasteiger partial charge in [-0.25, -0.2) is 0 Å². The largest absolute Gasteiger partial charge is 0.126 e. The molecule has 0 saturated heterocycles. The maximum Gasteiger partial charge on any atom is 0.0258 e. The molecule has 0 aliphatic rings. The zero-order valence-corrected chi connectivity index (χ0v) is 13.1. The number of alkyl halides is 1. The van der Waals surface area contributed by atoms with Crippen LogP contribution in [0.25, 0.3) is 0 Å². The molecule has 2 rings (SSSR count). The molecule has 0 aliphatic carbocycles. The van der Waals surface area contributed by atoms with Crippen LogP contribution in [0.15, 0.2) is 54.6 Å². The summed E-state index contributed by atoms with van der Waals surface area (Å²) in [6, 6.07) is 19.6. The fourth-order valence-corrected chi connectivity index (χ4v) is 2.72. The van der Waals surface area contributed by atoms with Gasteiger partial charge in [0.15, 0.2) is 0 Å². The average Bonchev–Trinajstić information content (AvgIpc) is 2.48. The van der Waals surface area contributed by atoms with E-state index in [4.69, 9.17) is 11.6 Å². The first-order valence-corrected chi connectivity index (χ1v) is 7.91. The van der Waals surface area contributed by atoms with Crippen molar-refractivity contribution >= 4 is 11.6 Å². The predicted octanol–water partition coefficient (Wildman–Crippen LogP) is 5.45. The molecule has 0 amide bonds. The van der Waals surface area contributed by atoms with Crippen LogP contribution < -0.4 is 0 Å². The lowest BCUT2D eigenvalue weighted by Gasteiger charge is -2.15. The molecular weight excluding hydrogens is 264 g/mol. The van der Waals surface area contributed by atoms with Gasteiger partial charge in [-0.2, -0.15) is 0 Å². The van der Waals surface area contributed by atoms with Crippen LogP contribution in [0.1, 0.15) is 36.5 Å². The zero-order chi connectivity index (χ0) is 14.4. The van der Waals surface area contributed by atoms with Gasteiger partial charge in [0.2, 0.25) is 0 Å². The summed E-state index contributed by atoms with van der Waals surface area (Å²) in [5.74, 6) is 1.81. The summed E-state index contributed by atoms with van der Waals surface area (Å²) in [6.45, 7) is 4.46. The minimum absolute atomic E-state index is 0.504. The molecule has 1 heteroatoms. The lowest BCUT2D eigenvalue weighted by Crippen LogP contribution is -2.10. The number of benzene rings is 2. The molecule has 1 unspecified atom stereocenters. The SMILES string of the molecule is CC(C)c1ccc(CC(CCl)Cc2ccccc2)cc1. The standard InChI is InChI=1S/C19H23Cl/c1-15(2)19-10-8-17(9-11-19)13-18(14-20)12-16-6-4-3-5-7-16/h3-11,15,18H,12-14H2,1-2H3. The second kappa shape index (κ2) is 7.50. The molecule has 106 valence electrons. The molecule has 2 aromatic rings. The van der Waals surface area contributed by atoms with E-state index in [9.17, 15) is 0 Å². The first-order chi connectivity index (χ1) is 9.69. The fourth-order valence-electron chi connectivity index (χ4n) is 2.50. The third-order valence-electron chi connectivity index (χ3n) is 3.76. The molecule has 0 N–H and O–H groups in total. The molecular formula is C19H23Cl. The summed E-state index contributed by atoms with van der Waals surface area (Å²) in [7, 11) is 0. The van der Waals surface area contributed by atoms with Crippen molar-refractivity contribution in [1.82, 2.24) is 0 Å². The molecule has 0 fully saturated rings. The van der Waals surface area contributed by atoms with Gasteiger partial charge in [0.05, 0.1) is 0 Å². The summed E-state index contributed by atoms with van der Waals surface area (Å²) in [5, 5.41) is 0. The Hall–Kier alpha value is -1.27. The van der Waals surface area contributed by atoms with Crippen LogP contribution in [0.5, 0.6) is 0 Å². The van der Waals surface area contributed by atoms with E-state index in [0.29, 0.717) is 17.7 Å². The summed E-state index contributed by atoms with van der Waals surface area (Å²) in [5.41, 5.74) is 4.16. The third kappa shape index (κ3) is 4.38. The van der Waals surface area contributed by atoms with E-state index in [2.05, 4.69) is 68.4 Å². The Balaban J connectivity index is 1.99. The highest BCUT2D eigenvalue weighted by Gasteiger charge is 2.10. The Morgan fingerprint density at radius 2 is 1.35 bits per heavy atom. The molecule has 0 bridgehead atoms. The van der Waals surface area contributed by atoms with Gasteiger partial charge in [-0.05, 0) is 41.4 Å². The molecule has 0 radical (unpaired) electrons. The fraction of sp³-hybridized carbons (Fsp3) is 0.368. The van der Waals surface area contributed by atoms with Crippen molar-refractivity contribution in [2.45, 2.75) is 32.6 Å². The van der Waals surface area contributed by atoms with E-state index in [-0.39, 0.29) is 0 Å². The number of rotatable bonds is 6. The minimum Gasteiger partial charge on any atom is -0.126 e. The molecule has 2 aromatic carbocycles. The lowest BCUT2D eigenvalue weighted by atomic mass is 9.93. The monoisotopic (exact) mass is 286 g/mol. The van der Waals surface area contributed by atoms with Crippen molar-refractivity contribution in [3.8, 4) is 0 Å². The molecule has 0 spiro atoms. The van der Waals surface area contributed by atoms with Crippen molar-refractivity contribution < 1.29 is 0 Å². The number of hydrogen-bond donors (Lipinski definition) is 0. The Bertz CT molecular complexity index is 499. The van der Waals surface area contributed by atoms with Crippen molar-refractivity contribution in [3.05, 3.63) is 71.3 Å². The molecule has 0 aliphatic heterocycles. The van der Waals surface area contributed by atoms with E-state index in [0.717, 1.165) is 12.8 Å². The molecule has 0 heterocycles. The Morgan fingerprint density at radius 3 is 1.85 bits per heavy atom. The van der Waals surface area contributed by atoms with Gasteiger partial charge >= 0.3 is 0 Å². The molecule has 1 atom stereocenters. The van der Waals surface area contributed by atoms with Gasteiger partial charge in [-0.1, -0.05) is 68.4 Å². The van der Waals surface area contributed by atoms with E-state index < -0.39 is 0 Å². The van der Waals surface area contributed by atoms with Crippen molar-refractivity contribution in [2.75, 3.05) is 5.88 Å². The van der Waals surface area contributed by atoms with Gasteiger partial charge in [-0.3, -0.25) is 0 Å². The number of halogens is 1. The van der Waals surface area contributed by atoms with Crippen LogP contribution in [0, 0.1) is 5.92 Å². The normalized spacial score (nSPS) is 12.6. The van der Waals surface area contributed by atoms with E-state index in [1.165, 1.54) is 16.7 Å². The quantitative estimate of drug-likeness (QED) is 0.619. The maximum atomic E-state index is 6.15. The average molecular weight is 287 g/mol. The van der Waals surface area contributed by atoms with Gasteiger partial charge in [0, 0.05) is 5.88 Å². The van der Waals surface area contributed by atoms with Crippen LogP contribution in [-0.2, 0) is 12.8 Å². The van der Waals surface area contributed by atoms with Crippen molar-refractivity contribution in [2.24, 2.45) is 5.92 Å². The van der Waals surface area contributed by atoms with E-state index in [1.54, 1.807) is 0 Å². The van der Waals surface area contributed by atoms with Crippen LogP contribution >= 0.6 is 11.6 Å². The Kier molecular flexibility index (Phi) is 5.67. The summed E-state index contributed by atoms with van der Waals surface area (Å²) in [6.07, 6.45) is 2.10. The molecule has 0 nitrogen and oxygen atoms in total. The predicted molar refractivity (Wildman–Crippen MR) is 88.6 cm³/mol. The van der Waals surface area contributed by atoms with Crippen LogP contribution in [0.4, 0.5) is 0 Å². The van der Waals surface area contributed by atoms with E-state index in [1.807, 2.05) is 0 Å². The summed E-state index contributed by atoms with van der Waals surface area (Å²) >= 11 is 6.15. The van der Waals surface area contributed by atoms with Crippen molar-refractivity contribution in [3.63, 3.8) is 0 Å². The third-order valence-corrected chi connectivity index (χ3v) is 4.19. The first-order valence-electron chi connectivity index (χ1n) is 7.37. The summed E-state index contributed by atoms with van der Waals surface area (Å²) in [4.78, 5) is 0. The highest BCUT2D eigenvalue weighted by atomic mass is 35.5. The molecule has 20 heavy (non-hydrogen) atoms. The van der Waals surface area contributed by atoms with Gasteiger partial charge in [0.25, 0.3) is 0 Å². The van der Waals surface area contributed by atoms with Crippen LogP contribution in [0.2, 0.25) is 0 Å². The second-order valence-electron chi connectivity index (χ2n) is 5.81. The van der Waals surface area contributed by atoms with Crippen LogP contribution in [-0.4, -0.2) is 5.88 Å². The maximum absolute atomic E-state index is 6.15. The lowest BCUT2D eigenvalue weighted by molar-refractivity contribution is 0.584. The highest BCUT2D eigenvalue weighted by molar-refractivity contribution is 6.18. The smallest absolute Gasteiger partial charge is 0.0258 e. The van der Waals surface area contributed by atoms with Crippen molar-refractivity contribution in [1.29, 1.82) is 0 Å². The van der Waals surface area contributed by atoms with Gasteiger partial charge < -0.3 is 0 Å². The topological polar surface area (TPSA) is 0 Å². The Labute approximate surface area is 127 Å². The molecule has 0 aromatic heterocycles. The van der Waals surface area contributed by atoms with Gasteiger partial charge in [-0.15, -0.1) is 11.6 Å².